The molecule has 0 bridgehead atoms. The third-order valence-corrected chi connectivity index (χ3v) is 4.52. The van der Waals surface area contributed by atoms with Crippen LogP contribution in [0.15, 0.2) is 30.3 Å². The van der Waals surface area contributed by atoms with Crippen molar-refractivity contribution in [2.45, 2.75) is 12.8 Å². The molecular weight excluding hydrogens is 389 g/mol. The van der Waals surface area contributed by atoms with Crippen LogP contribution in [0.3, 0.4) is 0 Å². The maximum atomic E-state index is 12.9. The van der Waals surface area contributed by atoms with Gasteiger partial charge in [-0.3, -0.25) is 0 Å². The zero-order chi connectivity index (χ0) is 19.1. The molecule has 2 aromatic rings. The zero-order valence-corrected chi connectivity index (χ0v) is 16.3. The van der Waals surface area contributed by atoms with Gasteiger partial charge >= 0.3 is 0 Å². The maximum Gasteiger partial charge on any atom is 0.232 e. The average molecular weight is 410 g/mol. The van der Waals surface area contributed by atoms with Gasteiger partial charge in [0, 0.05) is 25.7 Å². The third-order valence-electron chi connectivity index (χ3n) is 4.08. The maximum absolute atomic E-state index is 12.9. The molecule has 0 aliphatic carbocycles. The van der Waals surface area contributed by atoms with Crippen LogP contribution in [0.2, 0.25) is 5.15 Å². The van der Waals surface area contributed by atoms with E-state index in [-0.39, 0.29) is 5.82 Å². The van der Waals surface area contributed by atoms with E-state index in [0.717, 1.165) is 37.3 Å². The fourth-order valence-corrected chi connectivity index (χ4v) is 3.08. The summed E-state index contributed by atoms with van der Waals surface area (Å²) in [7, 11) is 0. The Morgan fingerprint density at radius 2 is 1.96 bits per heavy atom. The lowest BCUT2D eigenvalue weighted by atomic mass is 10.1. The fourth-order valence-electron chi connectivity index (χ4n) is 2.71. The van der Waals surface area contributed by atoms with Gasteiger partial charge in [-0.2, -0.15) is 4.98 Å². The highest BCUT2D eigenvalue weighted by molar-refractivity contribution is 7.80. The molecule has 1 aliphatic rings. The van der Waals surface area contributed by atoms with E-state index >= 15 is 0 Å². The first-order valence-electron chi connectivity index (χ1n) is 8.77. The smallest absolute Gasteiger partial charge is 0.232 e. The van der Waals surface area contributed by atoms with E-state index in [4.69, 9.17) is 28.6 Å². The van der Waals surface area contributed by atoms with Crippen LogP contribution in [0.4, 0.5) is 16.2 Å². The van der Waals surface area contributed by atoms with Crippen molar-refractivity contribution in [2.24, 2.45) is 0 Å². The summed E-state index contributed by atoms with van der Waals surface area (Å²) in [5, 5.41) is 6.88. The van der Waals surface area contributed by atoms with Crippen LogP contribution in [-0.2, 0) is 11.2 Å². The predicted molar refractivity (Wildman–Crippen MR) is 109 cm³/mol. The molecule has 0 saturated carbocycles. The van der Waals surface area contributed by atoms with Gasteiger partial charge in [-0.15, -0.1) is 0 Å². The van der Waals surface area contributed by atoms with Crippen LogP contribution in [0.5, 0.6) is 0 Å². The number of nitrogens with zero attached hydrogens (tertiary/aromatic N) is 3. The normalized spacial score (nSPS) is 14.1. The lowest BCUT2D eigenvalue weighted by molar-refractivity contribution is 0.122. The first-order chi connectivity index (χ1) is 13.1. The summed E-state index contributed by atoms with van der Waals surface area (Å²) in [6.07, 6.45) is 1.70. The number of halogens is 2. The largest absolute Gasteiger partial charge is 0.378 e. The highest BCUT2D eigenvalue weighted by Crippen LogP contribution is 2.19. The molecule has 1 aromatic carbocycles. The molecule has 2 N–H and O–H groups in total. The van der Waals surface area contributed by atoms with Gasteiger partial charge in [0.25, 0.3) is 0 Å². The summed E-state index contributed by atoms with van der Waals surface area (Å²) < 4.78 is 18.3. The van der Waals surface area contributed by atoms with Crippen molar-refractivity contribution in [3.05, 3.63) is 46.9 Å². The van der Waals surface area contributed by atoms with Gasteiger partial charge in [-0.25, -0.2) is 9.37 Å². The Hall–Kier alpha value is -2.03. The third kappa shape index (κ3) is 6.27. The molecule has 3 rings (SSSR count). The number of aryl methyl sites for hydroxylation is 1. The number of benzene rings is 1. The molecule has 0 unspecified atom stereocenters. The minimum absolute atomic E-state index is 0.222. The van der Waals surface area contributed by atoms with Gasteiger partial charge in [0.2, 0.25) is 5.95 Å². The Labute approximate surface area is 168 Å². The monoisotopic (exact) mass is 409 g/mol. The van der Waals surface area contributed by atoms with Crippen molar-refractivity contribution >= 4 is 40.7 Å². The molecule has 0 atom stereocenters. The van der Waals surface area contributed by atoms with E-state index in [2.05, 4.69) is 25.5 Å². The summed E-state index contributed by atoms with van der Waals surface area (Å²) in [6.45, 7) is 3.54. The number of ether oxygens (including phenoxy) is 1. The van der Waals surface area contributed by atoms with Gasteiger partial charge in [0.15, 0.2) is 5.11 Å². The van der Waals surface area contributed by atoms with Crippen LogP contribution in [-0.4, -0.2) is 47.9 Å². The first kappa shape index (κ1) is 19.7. The standard InChI is InChI=1S/C18H21ClFN5OS/c19-15-12-16(25-8-10-26-11-9-25)23-17(22-15)24-18(27)21-7-1-2-13-3-5-14(20)6-4-13/h3-6,12H,1-2,7-11H2,(H2,21,22,23,24,27). The number of aromatic nitrogens is 2. The highest BCUT2D eigenvalue weighted by atomic mass is 35.5. The summed E-state index contributed by atoms with van der Waals surface area (Å²) in [5.41, 5.74) is 1.09. The summed E-state index contributed by atoms with van der Waals surface area (Å²) in [4.78, 5) is 10.8. The lowest BCUT2D eigenvalue weighted by Crippen LogP contribution is -2.37. The van der Waals surface area contributed by atoms with Crippen molar-refractivity contribution < 1.29 is 9.13 Å². The van der Waals surface area contributed by atoms with Crippen molar-refractivity contribution in [3.8, 4) is 0 Å². The quantitative estimate of drug-likeness (QED) is 0.432. The van der Waals surface area contributed by atoms with Crippen molar-refractivity contribution in [3.63, 3.8) is 0 Å². The number of nitrogens with one attached hydrogen (secondary N) is 2. The second kappa shape index (κ2) is 9.77. The van der Waals surface area contributed by atoms with Crippen LogP contribution in [0.1, 0.15) is 12.0 Å². The number of hydrogen-bond acceptors (Lipinski definition) is 5. The number of hydrogen-bond donors (Lipinski definition) is 2. The van der Waals surface area contributed by atoms with E-state index in [9.17, 15) is 4.39 Å². The SMILES string of the molecule is Fc1ccc(CCCNC(=S)Nc2nc(Cl)cc(N3CCOCC3)n2)cc1. The summed E-state index contributed by atoms with van der Waals surface area (Å²) in [5.74, 6) is 0.889. The molecular formula is C18H21ClFN5OS. The van der Waals surface area contributed by atoms with Crippen molar-refractivity contribution in [1.82, 2.24) is 15.3 Å². The first-order valence-corrected chi connectivity index (χ1v) is 9.55. The Morgan fingerprint density at radius 3 is 2.70 bits per heavy atom. The second-order valence-corrected chi connectivity index (χ2v) is 6.88. The number of rotatable bonds is 6. The minimum Gasteiger partial charge on any atom is -0.378 e. The molecule has 1 aromatic heterocycles. The molecule has 144 valence electrons. The fraction of sp³-hybridized carbons (Fsp3) is 0.389. The number of thiocarbonyl (C=S) groups is 1. The molecule has 27 heavy (non-hydrogen) atoms. The zero-order valence-electron chi connectivity index (χ0n) is 14.8. The van der Waals surface area contributed by atoms with Crippen LogP contribution in [0, 0.1) is 5.82 Å². The topological polar surface area (TPSA) is 62.3 Å². The summed E-state index contributed by atoms with van der Waals surface area (Å²) >= 11 is 11.4. The molecule has 9 heteroatoms. The molecule has 6 nitrogen and oxygen atoms in total. The molecule has 2 heterocycles. The Balaban J connectivity index is 1.47. The van der Waals surface area contributed by atoms with Gasteiger partial charge in [-0.05, 0) is 42.8 Å². The van der Waals surface area contributed by atoms with Gasteiger partial charge in [0.1, 0.15) is 16.8 Å². The highest BCUT2D eigenvalue weighted by Gasteiger charge is 2.15. The van der Waals surface area contributed by atoms with E-state index in [1.807, 2.05) is 0 Å². The van der Waals surface area contributed by atoms with Gasteiger partial charge < -0.3 is 20.3 Å². The van der Waals surface area contributed by atoms with Crippen LogP contribution in [0.25, 0.3) is 0 Å². The minimum atomic E-state index is -0.222. The summed E-state index contributed by atoms with van der Waals surface area (Å²) in [6, 6.07) is 8.25. The molecule has 0 amide bonds. The average Bonchev–Trinajstić information content (AvgIpc) is 2.67. The van der Waals surface area contributed by atoms with E-state index in [1.54, 1.807) is 18.2 Å². The molecule has 0 radical (unpaired) electrons. The number of anilines is 2. The van der Waals surface area contributed by atoms with E-state index in [0.29, 0.717) is 36.0 Å². The van der Waals surface area contributed by atoms with Gasteiger partial charge in [0.05, 0.1) is 13.2 Å². The van der Waals surface area contributed by atoms with Crippen LogP contribution < -0.4 is 15.5 Å². The molecule has 1 fully saturated rings. The second-order valence-electron chi connectivity index (χ2n) is 6.08. The molecule has 1 saturated heterocycles. The Bertz CT molecular complexity index is 771. The molecule has 1 aliphatic heterocycles. The predicted octanol–water partition coefficient (Wildman–Crippen LogP) is 3.02. The van der Waals surface area contributed by atoms with Gasteiger partial charge in [-0.1, -0.05) is 23.7 Å². The van der Waals surface area contributed by atoms with Crippen molar-refractivity contribution in [2.75, 3.05) is 43.1 Å². The Morgan fingerprint density at radius 1 is 1.22 bits per heavy atom. The van der Waals surface area contributed by atoms with E-state index < -0.39 is 0 Å². The molecule has 0 spiro atoms. The number of morpholine rings is 1. The van der Waals surface area contributed by atoms with Crippen molar-refractivity contribution in [1.29, 1.82) is 0 Å². The van der Waals surface area contributed by atoms with E-state index in [1.165, 1.54) is 12.1 Å². The Kier molecular flexibility index (Phi) is 7.14. The van der Waals surface area contributed by atoms with Crippen LogP contribution >= 0.6 is 23.8 Å². The lowest BCUT2D eigenvalue weighted by Gasteiger charge is -2.28.